The van der Waals surface area contributed by atoms with Gasteiger partial charge in [0.1, 0.15) is 0 Å². The molecule has 0 radical (unpaired) electrons. The van der Waals surface area contributed by atoms with E-state index in [0.29, 0.717) is 6.54 Å². The summed E-state index contributed by atoms with van der Waals surface area (Å²) in [4.78, 5) is 11.2. The molecule has 1 aromatic carbocycles. The third-order valence-electron chi connectivity index (χ3n) is 3.01. The van der Waals surface area contributed by atoms with Crippen molar-refractivity contribution in [3.63, 3.8) is 0 Å². The number of piperazine rings is 1. The van der Waals surface area contributed by atoms with Gasteiger partial charge in [0.2, 0.25) is 5.91 Å². The van der Waals surface area contributed by atoms with Crippen molar-refractivity contribution < 1.29 is 4.79 Å². The number of rotatable bonds is 2. The Morgan fingerprint density at radius 3 is 2.94 bits per heavy atom. The van der Waals surface area contributed by atoms with Crippen molar-refractivity contribution in [2.75, 3.05) is 13.1 Å². The van der Waals surface area contributed by atoms with Gasteiger partial charge in [0.25, 0.3) is 0 Å². The smallest absolute Gasteiger partial charge is 0.234 e. The molecule has 0 spiro atoms. The third kappa shape index (κ3) is 2.61. The summed E-state index contributed by atoms with van der Waals surface area (Å²) in [5.74, 6) is 0.0987. The standard InChI is InChI=1S/C13H18N2O/c1-9-3-4-10(2)11(5-9)6-12-7-14-8-13(16)15-12/h3-5,12,14H,6-8H2,1-2H3,(H,15,16). The minimum Gasteiger partial charge on any atom is -0.351 e. The van der Waals surface area contributed by atoms with Crippen LogP contribution in [0, 0.1) is 13.8 Å². The largest absolute Gasteiger partial charge is 0.351 e. The molecule has 1 unspecified atom stereocenters. The molecule has 3 heteroatoms. The van der Waals surface area contributed by atoms with Crippen molar-refractivity contribution in [1.82, 2.24) is 10.6 Å². The van der Waals surface area contributed by atoms with Crippen LogP contribution in [-0.2, 0) is 11.2 Å². The van der Waals surface area contributed by atoms with Gasteiger partial charge in [0.05, 0.1) is 6.54 Å². The molecule has 2 rings (SSSR count). The first-order valence-corrected chi connectivity index (χ1v) is 5.71. The number of hydrogen-bond donors (Lipinski definition) is 2. The van der Waals surface area contributed by atoms with Crippen molar-refractivity contribution in [2.24, 2.45) is 0 Å². The van der Waals surface area contributed by atoms with Gasteiger partial charge in [0.15, 0.2) is 0 Å². The molecule has 1 heterocycles. The molecule has 1 aromatic rings. The molecule has 1 saturated heterocycles. The summed E-state index contributed by atoms with van der Waals surface area (Å²) in [6.07, 6.45) is 0.909. The van der Waals surface area contributed by atoms with E-state index in [-0.39, 0.29) is 11.9 Å². The van der Waals surface area contributed by atoms with Gasteiger partial charge in [-0.3, -0.25) is 4.79 Å². The minimum absolute atomic E-state index is 0.0987. The quantitative estimate of drug-likeness (QED) is 0.775. The van der Waals surface area contributed by atoms with Crippen molar-refractivity contribution >= 4 is 5.91 Å². The van der Waals surface area contributed by atoms with E-state index in [1.165, 1.54) is 16.7 Å². The number of benzene rings is 1. The Morgan fingerprint density at radius 1 is 1.38 bits per heavy atom. The lowest BCUT2D eigenvalue weighted by Gasteiger charge is -2.25. The molecule has 0 aromatic heterocycles. The van der Waals surface area contributed by atoms with Crippen LogP contribution in [0.4, 0.5) is 0 Å². The van der Waals surface area contributed by atoms with Gasteiger partial charge in [-0.15, -0.1) is 0 Å². The van der Waals surface area contributed by atoms with Gasteiger partial charge in [-0.2, -0.15) is 0 Å². The molecule has 2 N–H and O–H groups in total. The summed E-state index contributed by atoms with van der Waals surface area (Å²) >= 11 is 0. The normalized spacial score (nSPS) is 20.6. The predicted molar refractivity (Wildman–Crippen MR) is 64.4 cm³/mol. The highest BCUT2D eigenvalue weighted by atomic mass is 16.2. The summed E-state index contributed by atoms with van der Waals surface area (Å²) in [7, 11) is 0. The highest BCUT2D eigenvalue weighted by molar-refractivity contribution is 5.79. The highest BCUT2D eigenvalue weighted by Gasteiger charge is 2.18. The fourth-order valence-corrected chi connectivity index (χ4v) is 2.10. The average Bonchev–Trinajstić information content (AvgIpc) is 2.24. The Balaban J connectivity index is 2.08. The summed E-state index contributed by atoms with van der Waals surface area (Å²) in [5, 5.41) is 6.14. The van der Waals surface area contributed by atoms with Crippen LogP contribution in [0.3, 0.4) is 0 Å². The molecule has 1 fully saturated rings. The molecule has 16 heavy (non-hydrogen) atoms. The third-order valence-corrected chi connectivity index (χ3v) is 3.01. The molecule has 1 aliphatic heterocycles. The summed E-state index contributed by atoms with van der Waals surface area (Å²) < 4.78 is 0. The lowest BCUT2D eigenvalue weighted by Crippen LogP contribution is -2.53. The van der Waals surface area contributed by atoms with Crippen LogP contribution in [0.2, 0.25) is 0 Å². The Labute approximate surface area is 96.2 Å². The van der Waals surface area contributed by atoms with E-state index < -0.39 is 0 Å². The first-order chi connectivity index (χ1) is 7.65. The van der Waals surface area contributed by atoms with E-state index in [2.05, 4.69) is 42.7 Å². The maximum atomic E-state index is 11.2. The van der Waals surface area contributed by atoms with E-state index >= 15 is 0 Å². The van der Waals surface area contributed by atoms with Crippen molar-refractivity contribution in [3.05, 3.63) is 34.9 Å². The van der Waals surface area contributed by atoms with Crippen molar-refractivity contribution in [3.8, 4) is 0 Å². The molecule has 3 nitrogen and oxygen atoms in total. The zero-order valence-electron chi connectivity index (χ0n) is 9.84. The van der Waals surface area contributed by atoms with Gasteiger partial charge >= 0.3 is 0 Å². The number of amides is 1. The summed E-state index contributed by atoms with van der Waals surface area (Å²) in [6, 6.07) is 6.69. The molecule has 1 atom stereocenters. The van der Waals surface area contributed by atoms with Gasteiger partial charge in [-0.1, -0.05) is 23.8 Å². The first kappa shape index (κ1) is 11.1. The topological polar surface area (TPSA) is 41.1 Å². The van der Waals surface area contributed by atoms with E-state index in [1.807, 2.05) is 0 Å². The first-order valence-electron chi connectivity index (χ1n) is 5.71. The lowest BCUT2D eigenvalue weighted by molar-refractivity contribution is -0.122. The van der Waals surface area contributed by atoms with Crippen molar-refractivity contribution in [1.29, 1.82) is 0 Å². The fourth-order valence-electron chi connectivity index (χ4n) is 2.10. The van der Waals surface area contributed by atoms with Crippen molar-refractivity contribution in [2.45, 2.75) is 26.3 Å². The highest BCUT2D eigenvalue weighted by Crippen LogP contribution is 2.13. The Hall–Kier alpha value is -1.35. The van der Waals surface area contributed by atoms with Crippen LogP contribution < -0.4 is 10.6 Å². The average molecular weight is 218 g/mol. The number of hydrogen-bond acceptors (Lipinski definition) is 2. The van der Waals surface area contributed by atoms with Crippen LogP contribution in [0.5, 0.6) is 0 Å². The molecule has 1 aliphatic rings. The maximum absolute atomic E-state index is 11.2. The SMILES string of the molecule is Cc1ccc(C)c(CC2CNCC(=O)N2)c1. The van der Waals surface area contributed by atoms with Crippen LogP contribution in [-0.4, -0.2) is 25.0 Å². The second-order valence-corrected chi connectivity index (χ2v) is 4.53. The van der Waals surface area contributed by atoms with Crippen LogP contribution >= 0.6 is 0 Å². The van der Waals surface area contributed by atoms with Gasteiger partial charge < -0.3 is 10.6 Å². The van der Waals surface area contributed by atoms with E-state index in [0.717, 1.165) is 13.0 Å². The molecule has 1 amide bonds. The van der Waals surface area contributed by atoms with Gasteiger partial charge in [-0.05, 0) is 31.4 Å². The number of carbonyl (C=O) groups is 1. The Morgan fingerprint density at radius 2 is 2.19 bits per heavy atom. The molecular weight excluding hydrogens is 200 g/mol. The maximum Gasteiger partial charge on any atom is 0.234 e. The van der Waals surface area contributed by atoms with Crippen LogP contribution in [0.15, 0.2) is 18.2 Å². The number of nitrogens with one attached hydrogen (secondary N) is 2. The Kier molecular flexibility index (Phi) is 3.25. The predicted octanol–water partition coefficient (Wildman–Crippen LogP) is 0.934. The molecule has 0 bridgehead atoms. The van der Waals surface area contributed by atoms with E-state index in [9.17, 15) is 4.79 Å². The minimum atomic E-state index is 0.0987. The number of carbonyl (C=O) groups excluding carboxylic acids is 1. The monoisotopic (exact) mass is 218 g/mol. The lowest BCUT2D eigenvalue weighted by atomic mass is 9.98. The molecule has 0 aliphatic carbocycles. The summed E-state index contributed by atoms with van der Waals surface area (Å²) in [5.41, 5.74) is 3.90. The molecule has 86 valence electrons. The van der Waals surface area contributed by atoms with Gasteiger partial charge in [-0.25, -0.2) is 0 Å². The zero-order chi connectivity index (χ0) is 11.5. The molecular formula is C13H18N2O. The summed E-state index contributed by atoms with van der Waals surface area (Å²) in [6.45, 7) is 5.52. The van der Waals surface area contributed by atoms with E-state index in [4.69, 9.17) is 0 Å². The second-order valence-electron chi connectivity index (χ2n) is 4.53. The zero-order valence-corrected chi connectivity index (χ0v) is 9.84. The van der Waals surface area contributed by atoms with Crippen LogP contribution in [0.1, 0.15) is 16.7 Å². The van der Waals surface area contributed by atoms with Gasteiger partial charge in [0, 0.05) is 12.6 Å². The fraction of sp³-hybridized carbons (Fsp3) is 0.462. The molecule has 0 saturated carbocycles. The second kappa shape index (κ2) is 4.66. The number of aryl methyl sites for hydroxylation is 2. The Bertz CT molecular complexity index is 401. The van der Waals surface area contributed by atoms with E-state index in [1.54, 1.807) is 0 Å². The van der Waals surface area contributed by atoms with Crippen LogP contribution in [0.25, 0.3) is 0 Å².